The largest absolute Gasteiger partial charge is 0.340 e. The Hall–Kier alpha value is -1.58. The van der Waals surface area contributed by atoms with Crippen LogP contribution in [0, 0.1) is 11.3 Å². The van der Waals surface area contributed by atoms with E-state index in [4.69, 9.17) is 10.00 Å². The monoisotopic (exact) mass is 239 g/mol. The topological polar surface area (TPSA) is 85.6 Å². The van der Waals surface area contributed by atoms with Crippen LogP contribution in [-0.4, -0.2) is 35.1 Å². The van der Waals surface area contributed by atoms with E-state index < -0.39 is 11.9 Å². The highest BCUT2D eigenvalue weighted by Crippen LogP contribution is 2.19. The highest BCUT2D eigenvalue weighted by atomic mass is 16.7. The van der Waals surface area contributed by atoms with Gasteiger partial charge in [0.05, 0.1) is 6.61 Å². The molecular formula is C11H17N3O3. The zero-order chi connectivity index (χ0) is 12.9. The summed E-state index contributed by atoms with van der Waals surface area (Å²) >= 11 is 0. The predicted molar refractivity (Wildman–Crippen MR) is 60.0 cm³/mol. The maximum atomic E-state index is 11.5. The summed E-state index contributed by atoms with van der Waals surface area (Å²) in [7, 11) is 0. The van der Waals surface area contributed by atoms with Gasteiger partial charge >= 0.3 is 6.03 Å². The van der Waals surface area contributed by atoms with Crippen LogP contribution < -0.4 is 5.32 Å². The number of hydrogen-bond acceptors (Lipinski definition) is 5. The van der Waals surface area contributed by atoms with E-state index in [1.54, 1.807) is 13.0 Å². The van der Waals surface area contributed by atoms with Crippen molar-refractivity contribution in [3.05, 3.63) is 11.8 Å². The Balaban J connectivity index is 2.94. The Morgan fingerprint density at radius 1 is 1.65 bits per heavy atom. The Morgan fingerprint density at radius 3 is 2.88 bits per heavy atom. The van der Waals surface area contributed by atoms with Crippen molar-refractivity contribution in [1.82, 2.24) is 10.2 Å². The fraction of sp³-hybridized carbons (Fsp3) is 0.636. The zero-order valence-corrected chi connectivity index (χ0v) is 10.1. The van der Waals surface area contributed by atoms with E-state index >= 15 is 0 Å². The van der Waals surface area contributed by atoms with Crippen molar-refractivity contribution in [3.63, 3.8) is 0 Å². The molecule has 0 fully saturated rings. The molecule has 1 rings (SSSR count). The lowest BCUT2D eigenvalue weighted by molar-refractivity contribution is -0.295. The lowest BCUT2D eigenvalue weighted by atomic mass is 10.2. The van der Waals surface area contributed by atoms with E-state index in [1.807, 2.05) is 6.92 Å². The summed E-state index contributed by atoms with van der Waals surface area (Å²) in [6.07, 6.45) is 3.09. The first kappa shape index (κ1) is 13.5. The van der Waals surface area contributed by atoms with E-state index in [1.165, 1.54) is 11.1 Å². The van der Waals surface area contributed by atoms with E-state index in [9.17, 15) is 9.90 Å². The van der Waals surface area contributed by atoms with E-state index in [-0.39, 0.29) is 12.2 Å². The molecular weight excluding hydrogens is 222 g/mol. The van der Waals surface area contributed by atoms with Gasteiger partial charge in [-0.1, -0.05) is 13.3 Å². The van der Waals surface area contributed by atoms with Crippen LogP contribution in [0.15, 0.2) is 11.8 Å². The number of nitrogens with zero attached hydrogens (tertiary/aromatic N) is 2. The minimum atomic E-state index is -1.85. The summed E-state index contributed by atoms with van der Waals surface area (Å²) in [5, 5.41) is 21.2. The molecule has 0 aromatic rings. The normalized spacial score (nSPS) is 24.0. The first-order valence-corrected chi connectivity index (χ1v) is 5.65. The number of nitriles is 1. The average Bonchev–Trinajstić information content (AvgIpc) is 2.28. The number of nitrogens with one attached hydrogen (secondary N) is 1. The second-order valence-electron chi connectivity index (χ2n) is 3.70. The number of ether oxygens (including phenoxy) is 1. The van der Waals surface area contributed by atoms with Crippen LogP contribution in [0.25, 0.3) is 0 Å². The fourth-order valence-electron chi connectivity index (χ4n) is 1.53. The van der Waals surface area contributed by atoms with Crippen LogP contribution in [-0.2, 0) is 9.53 Å². The molecule has 1 heterocycles. The van der Waals surface area contributed by atoms with Crippen LogP contribution in [0.5, 0.6) is 0 Å². The molecule has 1 amide bonds. The summed E-state index contributed by atoms with van der Waals surface area (Å²) in [5.41, 5.74) is -0.0366. The van der Waals surface area contributed by atoms with Crippen molar-refractivity contribution >= 4 is 5.91 Å². The van der Waals surface area contributed by atoms with Gasteiger partial charge in [0.1, 0.15) is 11.6 Å². The molecule has 6 nitrogen and oxygen atoms in total. The number of unbranched alkanes of at least 4 members (excludes halogenated alkanes) is 1. The summed E-state index contributed by atoms with van der Waals surface area (Å²) in [4.78, 5) is 12.9. The third-order valence-electron chi connectivity index (χ3n) is 2.41. The van der Waals surface area contributed by atoms with Gasteiger partial charge in [-0.15, -0.1) is 0 Å². The van der Waals surface area contributed by atoms with Crippen molar-refractivity contribution in [2.45, 2.75) is 32.7 Å². The molecule has 2 N–H and O–H groups in total. The van der Waals surface area contributed by atoms with Gasteiger partial charge in [-0.05, 0) is 13.3 Å². The van der Waals surface area contributed by atoms with Gasteiger partial charge in [0, 0.05) is 12.7 Å². The van der Waals surface area contributed by atoms with Gasteiger partial charge in [0.2, 0.25) is 0 Å². The van der Waals surface area contributed by atoms with Crippen LogP contribution >= 0.6 is 0 Å². The summed E-state index contributed by atoms with van der Waals surface area (Å²) in [6.45, 7) is 4.47. The van der Waals surface area contributed by atoms with Crippen LogP contribution in [0.2, 0.25) is 0 Å². The minimum Gasteiger partial charge on any atom is -0.331 e. The fourth-order valence-corrected chi connectivity index (χ4v) is 1.53. The number of rotatable bonds is 5. The highest BCUT2D eigenvalue weighted by molar-refractivity contribution is 5.98. The molecule has 0 spiro atoms. The molecule has 0 saturated carbocycles. The molecule has 1 unspecified atom stereocenters. The van der Waals surface area contributed by atoms with E-state index in [0.717, 1.165) is 12.8 Å². The first-order valence-electron chi connectivity index (χ1n) is 5.65. The Kier molecular flexibility index (Phi) is 4.49. The molecule has 17 heavy (non-hydrogen) atoms. The second kappa shape index (κ2) is 5.66. The molecule has 0 aromatic heterocycles. The lowest BCUT2D eigenvalue weighted by Gasteiger charge is -2.40. The maximum absolute atomic E-state index is 11.5. The van der Waals surface area contributed by atoms with Crippen molar-refractivity contribution in [2.75, 3.05) is 13.2 Å². The van der Waals surface area contributed by atoms with Crippen LogP contribution in [0.3, 0.4) is 0 Å². The van der Waals surface area contributed by atoms with Gasteiger partial charge < -0.3 is 14.7 Å². The van der Waals surface area contributed by atoms with Crippen molar-refractivity contribution in [2.24, 2.45) is 0 Å². The van der Waals surface area contributed by atoms with E-state index in [0.29, 0.717) is 6.54 Å². The zero-order valence-electron chi connectivity index (χ0n) is 10.1. The molecule has 0 radical (unpaired) electrons. The second-order valence-corrected chi connectivity index (χ2v) is 3.70. The van der Waals surface area contributed by atoms with Gasteiger partial charge in [-0.25, -0.2) is 0 Å². The average molecular weight is 239 g/mol. The number of carbonyl (C=O) groups is 1. The Morgan fingerprint density at radius 2 is 2.35 bits per heavy atom. The standard InChI is InChI=1S/C11H17N3O3/c1-3-5-6-14-8-9(7-12)10(15)13-11(14,16)17-4-2/h8,16H,3-6H2,1-2H3,(H,13,15). The summed E-state index contributed by atoms with van der Waals surface area (Å²) in [6, 6.07) is -0.0652. The smallest absolute Gasteiger partial charge is 0.331 e. The van der Waals surface area contributed by atoms with Gasteiger partial charge in [0.15, 0.2) is 0 Å². The van der Waals surface area contributed by atoms with Crippen LogP contribution in [0.4, 0.5) is 0 Å². The van der Waals surface area contributed by atoms with Crippen molar-refractivity contribution < 1.29 is 14.6 Å². The highest BCUT2D eigenvalue weighted by Gasteiger charge is 2.40. The summed E-state index contributed by atoms with van der Waals surface area (Å²) < 4.78 is 5.14. The molecule has 94 valence electrons. The lowest BCUT2D eigenvalue weighted by Crippen LogP contribution is -2.63. The molecule has 1 aliphatic rings. The third kappa shape index (κ3) is 2.96. The Bertz CT molecular complexity index is 361. The number of aliphatic hydroxyl groups is 1. The van der Waals surface area contributed by atoms with Gasteiger partial charge in [0.25, 0.3) is 5.91 Å². The molecule has 0 aliphatic carbocycles. The molecule has 0 saturated heterocycles. The molecule has 6 heteroatoms. The SMILES string of the molecule is CCCCN1C=C(C#N)C(=O)NC1(O)OCC. The first-order chi connectivity index (χ1) is 8.07. The van der Waals surface area contributed by atoms with Crippen LogP contribution in [0.1, 0.15) is 26.7 Å². The third-order valence-corrected chi connectivity index (χ3v) is 2.41. The number of carbonyl (C=O) groups excluding carboxylic acids is 1. The predicted octanol–water partition coefficient (Wildman–Crippen LogP) is 0.266. The number of amides is 1. The number of hydrogen-bond donors (Lipinski definition) is 2. The quantitative estimate of drug-likeness (QED) is 0.672. The molecule has 0 bridgehead atoms. The minimum absolute atomic E-state index is 0.0366. The Labute approximate surface area is 100 Å². The maximum Gasteiger partial charge on any atom is 0.340 e. The van der Waals surface area contributed by atoms with E-state index in [2.05, 4.69) is 5.32 Å². The molecule has 1 aliphatic heterocycles. The van der Waals surface area contributed by atoms with Crippen molar-refractivity contribution in [1.29, 1.82) is 5.26 Å². The summed E-state index contributed by atoms with van der Waals surface area (Å²) in [5.74, 6) is -0.629. The molecule has 0 aromatic carbocycles. The van der Waals surface area contributed by atoms with Crippen molar-refractivity contribution in [3.8, 4) is 6.07 Å². The van der Waals surface area contributed by atoms with Gasteiger partial charge in [-0.3, -0.25) is 10.1 Å². The van der Waals surface area contributed by atoms with Gasteiger partial charge in [-0.2, -0.15) is 5.26 Å². The molecule has 1 atom stereocenters.